The SMILES string of the molecule is O=C(NCc1sccc1Br)c1ccccc1C#CCCO. The number of thiophene rings is 1. The van der Waals surface area contributed by atoms with Gasteiger partial charge in [0.2, 0.25) is 0 Å². The molecule has 1 amide bonds. The van der Waals surface area contributed by atoms with Crippen molar-refractivity contribution in [3.63, 3.8) is 0 Å². The van der Waals surface area contributed by atoms with E-state index in [2.05, 4.69) is 33.1 Å². The molecule has 0 bridgehead atoms. The number of rotatable bonds is 4. The van der Waals surface area contributed by atoms with E-state index in [-0.39, 0.29) is 12.5 Å². The molecule has 1 aromatic heterocycles. The lowest BCUT2D eigenvalue weighted by atomic mass is 10.1. The number of nitrogens with one attached hydrogen (secondary N) is 1. The average molecular weight is 364 g/mol. The molecule has 3 nitrogen and oxygen atoms in total. The maximum atomic E-state index is 12.3. The van der Waals surface area contributed by atoms with E-state index in [1.54, 1.807) is 23.5 Å². The Bertz CT molecular complexity index is 685. The third kappa shape index (κ3) is 4.43. The summed E-state index contributed by atoms with van der Waals surface area (Å²) in [6, 6.07) is 9.17. The normalized spacial score (nSPS) is 9.81. The summed E-state index contributed by atoms with van der Waals surface area (Å²) in [7, 11) is 0. The van der Waals surface area contributed by atoms with Crippen LogP contribution in [0.2, 0.25) is 0 Å². The summed E-state index contributed by atoms with van der Waals surface area (Å²) < 4.78 is 1.00. The van der Waals surface area contributed by atoms with Gasteiger partial charge in [-0.25, -0.2) is 0 Å². The number of amides is 1. The minimum atomic E-state index is -0.149. The average Bonchev–Trinajstić information content (AvgIpc) is 2.91. The van der Waals surface area contributed by atoms with E-state index in [0.717, 1.165) is 9.35 Å². The van der Waals surface area contributed by atoms with Gasteiger partial charge in [-0.2, -0.15) is 0 Å². The largest absolute Gasteiger partial charge is 0.395 e. The number of aliphatic hydroxyl groups is 1. The summed E-state index contributed by atoms with van der Waals surface area (Å²) in [6.45, 7) is 0.503. The first-order valence-corrected chi connectivity index (χ1v) is 8.08. The Balaban J connectivity index is 2.09. The van der Waals surface area contributed by atoms with Crippen LogP contribution < -0.4 is 5.32 Å². The van der Waals surface area contributed by atoms with Crippen molar-refractivity contribution < 1.29 is 9.90 Å². The van der Waals surface area contributed by atoms with Crippen molar-refractivity contribution in [2.45, 2.75) is 13.0 Å². The maximum Gasteiger partial charge on any atom is 0.252 e. The van der Waals surface area contributed by atoms with E-state index >= 15 is 0 Å². The molecule has 0 saturated carbocycles. The highest BCUT2D eigenvalue weighted by molar-refractivity contribution is 9.10. The van der Waals surface area contributed by atoms with E-state index in [1.165, 1.54) is 0 Å². The summed E-state index contributed by atoms with van der Waals surface area (Å²) in [6.07, 6.45) is 0.401. The van der Waals surface area contributed by atoms with Gasteiger partial charge in [0.05, 0.1) is 18.7 Å². The van der Waals surface area contributed by atoms with E-state index < -0.39 is 0 Å². The highest BCUT2D eigenvalue weighted by atomic mass is 79.9. The van der Waals surface area contributed by atoms with E-state index in [1.807, 2.05) is 23.6 Å². The predicted molar refractivity (Wildman–Crippen MR) is 88.2 cm³/mol. The Morgan fingerprint density at radius 1 is 1.33 bits per heavy atom. The van der Waals surface area contributed by atoms with Crippen molar-refractivity contribution in [1.29, 1.82) is 0 Å². The molecule has 0 saturated heterocycles. The smallest absolute Gasteiger partial charge is 0.252 e. The van der Waals surface area contributed by atoms with Crippen molar-refractivity contribution in [3.05, 3.63) is 56.2 Å². The summed E-state index contributed by atoms with van der Waals surface area (Å²) in [5, 5.41) is 13.6. The number of hydrogen-bond donors (Lipinski definition) is 2. The zero-order valence-corrected chi connectivity index (χ0v) is 13.6. The van der Waals surface area contributed by atoms with Crippen LogP contribution in [0.25, 0.3) is 0 Å². The molecule has 1 heterocycles. The Morgan fingerprint density at radius 2 is 2.14 bits per heavy atom. The monoisotopic (exact) mass is 363 g/mol. The van der Waals surface area contributed by atoms with Crippen LogP contribution in [0.1, 0.15) is 27.2 Å². The van der Waals surface area contributed by atoms with Crippen LogP contribution >= 0.6 is 27.3 Å². The fourth-order valence-corrected chi connectivity index (χ4v) is 3.14. The number of carbonyl (C=O) groups is 1. The predicted octanol–water partition coefficient (Wildman–Crippen LogP) is 3.17. The molecule has 0 aliphatic carbocycles. The van der Waals surface area contributed by atoms with Crippen molar-refractivity contribution >= 4 is 33.2 Å². The van der Waals surface area contributed by atoms with Gasteiger partial charge in [0.1, 0.15) is 0 Å². The van der Waals surface area contributed by atoms with Gasteiger partial charge >= 0.3 is 0 Å². The van der Waals surface area contributed by atoms with Crippen LogP contribution in [0, 0.1) is 11.8 Å². The molecule has 5 heteroatoms. The van der Waals surface area contributed by atoms with Crippen LogP contribution in [0.5, 0.6) is 0 Å². The fourth-order valence-electron chi connectivity index (χ4n) is 1.71. The second-order valence-corrected chi connectivity index (χ2v) is 6.05. The first kappa shape index (κ1) is 15.8. The van der Waals surface area contributed by atoms with Gasteiger partial charge in [0, 0.05) is 21.3 Å². The standard InChI is InChI=1S/C16H14BrNO2S/c17-14-8-10-21-15(14)11-18-16(20)13-7-2-1-5-12(13)6-3-4-9-19/h1-2,5,7-8,10,19H,4,9,11H2,(H,18,20). The Kier molecular flexibility index (Phi) is 6.00. The van der Waals surface area contributed by atoms with E-state index in [0.29, 0.717) is 24.1 Å². The highest BCUT2D eigenvalue weighted by Gasteiger charge is 2.10. The van der Waals surface area contributed by atoms with Crippen molar-refractivity contribution in [1.82, 2.24) is 5.32 Å². The zero-order chi connectivity index (χ0) is 15.1. The number of carbonyl (C=O) groups excluding carboxylic acids is 1. The number of aliphatic hydroxyl groups excluding tert-OH is 1. The summed E-state index contributed by atoms with van der Waals surface area (Å²) in [5.41, 5.74) is 1.23. The highest BCUT2D eigenvalue weighted by Crippen LogP contribution is 2.22. The number of halogens is 1. The molecular weight excluding hydrogens is 350 g/mol. The molecular formula is C16H14BrNO2S. The summed E-state index contributed by atoms with van der Waals surface area (Å²) >= 11 is 5.03. The van der Waals surface area contributed by atoms with Crippen LogP contribution in [-0.2, 0) is 6.54 Å². The van der Waals surface area contributed by atoms with Gasteiger partial charge in [0.15, 0.2) is 0 Å². The fraction of sp³-hybridized carbons (Fsp3) is 0.188. The van der Waals surface area contributed by atoms with Gasteiger partial charge in [-0.3, -0.25) is 4.79 Å². The minimum Gasteiger partial charge on any atom is -0.395 e. The maximum absolute atomic E-state index is 12.3. The van der Waals surface area contributed by atoms with Gasteiger partial charge < -0.3 is 10.4 Å². The summed E-state index contributed by atoms with van der Waals surface area (Å²) in [5.74, 6) is 5.61. The van der Waals surface area contributed by atoms with Crippen molar-refractivity contribution in [2.24, 2.45) is 0 Å². The lowest BCUT2D eigenvalue weighted by Crippen LogP contribution is -2.23. The van der Waals surface area contributed by atoms with Gasteiger partial charge in [-0.1, -0.05) is 24.0 Å². The molecule has 0 fully saturated rings. The van der Waals surface area contributed by atoms with Crippen LogP contribution in [0.3, 0.4) is 0 Å². The first-order chi connectivity index (χ1) is 10.2. The summed E-state index contributed by atoms with van der Waals surface area (Å²) in [4.78, 5) is 13.3. The van der Waals surface area contributed by atoms with Gasteiger partial charge in [-0.05, 0) is 39.5 Å². The number of hydrogen-bond acceptors (Lipinski definition) is 3. The Hall–Kier alpha value is -1.61. The molecule has 0 aliphatic heterocycles. The van der Waals surface area contributed by atoms with Gasteiger partial charge in [0.25, 0.3) is 5.91 Å². The zero-order valence-electron chi connectivity index (χ0n) is 11.2. The van der Waals surface area contributed by atoms with Crippen molar-refractivity contribution in [3.8, 4) is 11.8 Å². The van der Waals surface area contributed by atoms with Crippen LogP contribution in [0.4, 0.5) is 0 Å². The third-order valence-corrected chi connectivity index (χ3v) is 4.66. The second kappa shape index (κ2) is 7.99. The molecule has 0 aliphatic rings. The van der Waals surface area contributed by atoms with Crippen LogP contribution in [0.15, 0.2) is 40.2 Å². The molecule has 0 atom stereocenters. The Labute approximate surface area is 136 Å². The van der Waals surface area contributed by atoms with Gasteiger partial charge in [-0.15, -0.1) is 11.3 Å². The molecule has 0 spiro atoms. The molecule has 2 N–H and O–H groups in total. The van der Waals surface area contributed by atoms with Crippen molar-refractivity contribution in [2.75, 3.05) is 6.61 Å². The molecule has 21 heavy (non-hydrogen) atoms. The number of benzene rings is 1. The molecule has 0 unspecified atom stereocenters. The van der Waals surface area contributed by atoms with E-state index in [9.17, 15) is 4.79 Å². The van der Waals surface area contributed by atoms with E-state index in [4.69, 9.17) is 5.11 Å². The molecule has 108 valence electrons. The lowest BCUT2D eigenvalue weighted by molar-refractivity contribution is 0.0951. The molecule has 1 aromatic carbocycles. The molecule has 0 radical (unpaired) electrons. The minimum absolute atomic E-state index is 0.0216. The van der Waals surface area contributed by atoms with Crippen LogP contribution in [-0.4, -0.2) is 17.6 Å². The quantitative estimate of drug-likeness (QED) is 0.819. The first-order valence-electron chi connectivity index (χ1n) is 6.41. The topological polar surface area (TPSA) is 49.3 Å². The third-order valence-electron chi connectivity index (χ3n) is 2.73. The second-order valence-electron chi connectivity index (χ2n) is 4.20. The lowest BCUT2D eigenvalue weighted by Gasteiger charge is -2.06. The molecule has 2 aromatic rings. The molecule has 2 rings (SSSR count). The Morgan fingerprint density at radius 3 is 2.86 bits per heavy atom.